The van der Waals surface area contributed by atoms with Gasteiger partial charge in [-0.15, -0.1) is 0 Å². The first-order valence-electron chi connectivity index (χ1n) is 19.4. The molecule has 2 heterocycles. The van der Waals surface area contributed by atoms with Crippen LogP contribution in [0.5, 0.6) is 0 Å². The molecule has 0 aliphatic heterocycles. The molecule has 284 valence electrons. The third kappa shape index (κ3) is 7.29. The maximum atomic E-state index is 13.8. The zero-order valence-corrected chi connectivity index (χ0v) is 31.9. The fourth-order valence-electron chi connectivity index (χ4n) is 7.32. The normalized spacial score (nSPS) is 11.2. The lowest BCUT2D eigenvalue weighted by Crippen LogP contribution is -2.00. The van der Waals surface area contributed by atoms with Gasteiger partial charge in [0.15, 0.2) is 34.9 Å². The fourth-order valence-corrected chi connectivity index (χ4v) is 7.32. The highest BCUT2D eigenvalue weighted by Crippen LogP contribution is 2.38. The van der Waals surface area contributed by atoms with Gasteiger partial charge < -0.3 is 0 Å². The predicted octanol–water partition coefficient (Wildman–Crippen LogP) is 12.8. The highest BCUT2D eigenvalue weighted by Gasteiger charge is 2.16. The van der Waals surface area contributed by atoms with Gasteiger partial charge in [0.25, 0.3) is 0 Å². The van der Waals surface area contributed by atoms with E-state index in [1.165, 1.54) is 24.3 Å². The second-order valence-electron chi connectivity index (χ2n) is 14.2. The highest BCUT2D eigenvalue weighted by atomic mass is 19.1. The van der Waals surface area contributed by atoms with E-state index in [0.717, 1.165) is 55.3 Å². The molecule has 0 aliphatic carbocycles. The SMILES string of the molecule is Fc1ccc(-c2nc(-c3ccccc3)nc(-c3ccc(-c4cccc5cccc(-c6ccc(-c7nc(-c8ccccc8)nc(-c8ccc(F)cc8)n7)cc6)c45)cc3)n2)cc1. The summed E-state index contributed by atoms with van der Waals surface area (Å²) in [5.74, 6) is 2.40. The number of fused-ring (bicyclic) bond motifs is 1. The van der Waals surface area contributed by atoms with E-state index < -0.39 is 0 Å². The molecule has 0 spiro atoms. The Balaban J connectivity index is 1.01. The minimum absolute atomic E-state index is 0.323. The number of nitrogens with zero attached hydrogens (tertiary/aromatic N) is 6. The summed E-state index contributed by atoms with van der Waals surface area (Å²) >= 11 is 0. The number of hydrogen-bond donors (Lipinski definition) is 0. The predicted molar refractivity (Wildman–Crippen MR) is 234 cm³/mol. The second-order valence-corrected chi connectivity index (χ2v) is 14.2. The van der Waals surface area contributed by atoms with E-state index in [1.54, 1.807) is 24.3 Å². The minimum atomic E-state index is -0.323. The molecular weight excluding hydrogens is 747 g/mol. The first-order chi connectivity index (χ1) is 29.5. The van der Waals surface area contributed by atoms with Crippen LogP contribution in [-0.2, 0) is 0 Å². The molecule has 10 rings (SSSR count). The van der Waals surface area contributed by atoms with Crippen molar-refractivity contribution in [3.63, 3.8) is 0 Å². The molecule has 0 unspecified atom stereocenters. The van der Waals surface area contributed by atoms with Crippen LogP contribution >= 0.6 is 0 Å². The van der Waals surface area contributed by atoms with E-state index in [4.69, 9.17) is 29.9 Å². The van der Waals surface area contributed by atoms with Gasteiger partial charge in [-0.25, -0.2) is 38.7 Å². The zero-order chi connectivity index (χ0) is 40.4. The van der Waals surface area contributed by atoms with Crippen molar-refractivity contribution in [3.05, 3.63) is 206 Å². The molecule has 0 N–H and O–H groups in total. The lowest BCUT2D eigenvalue weighted by molar-refractivity contribution is 0.627. The Hall–Kier alpha value is -8.10. The number of aromatic nitrogens is 6. The van der Waals surface area contributed by atoms with Gasteiger partial charge in [-0.2, -0.15) is 0 Å². The third-order valence-electron chi connectivity index (χ3n) is 10.4. The lowest BCUT2D eigenvalue weighted by atomic mass is 9.91. The van der Waals surface area contributed by atoms with Crippen LogP contribution in [0.3, 0.4) is 0 Å². The zero-order valence-electron chi connectivity index (χ0n) is 31.9. The summed E-state index contributed by atoms with van der Waals surface area (Å²) in [6.07, 6.45) is 0. The summed E-state index contributed by atoms with van der Waals surface area (Å²) in [5.41, 5.74) is 9.02. The summed E-state index contributed by atoms with van der Waals surface area (Å²) in [5, 5.41) is 2.23. The summed E-state index contributed by atoms with van der Waals surface area (Å²) in [6, 6.07) is 61.1. The van der Waals surface area contributed by atoms with Crippen LogP contribution in [0, 0.1) is 11.6 Å². The van der Waals surface area contributed by atoms with Gasteiger partial charge in [-0.1, -0.05) is 146 Å². The van der Waals surface area contributed by atoms with Gasteiger partial charge in [0.1, 0.15) is 11.6 Å². The summed E-state index contributed by atoms with van der Waals surface area (Å²) in [7, 11) is 0. The first kappa shape index (κ1) is 36.3. The monoisotopic (exact) mass is 778 g/mol. The van der Waals surface area contributed by atoms with Crippen LogP contribution < -0.4 is 0 Å². The van der Waals surface area contributed by atoms with Crippen molar-refractivity contribution in [1.82, 2.24) is 29.9 Å². The number of rotatable bonds is 8. The van der Waals surface area contributed by atoms with Crippen molar-refractivity contribution in [3.8, 4) is 90.6 Å². The largest absolute Gasteiger partial charge is 0.208 e. The van der Waals surface area contributed by atoms with Crippen LogP contribution in [0.2, 0.25) is 0 Å². The van der Waals surface area contributed by atoms with Gasteiger partial charge in [0, 0.05) is 33.4 Å². The Bertz CT molecular complexity index is 2910. The number of halogens is 2. The van der Waals surface area contributed by atoms with Crippen molar-refractivity contribution in [2.45, 2.75) is 0 Å². The molecule has 2 aromatic heterocycles. The Morgan fingerprint density at radius 3 is 0.817 bits per heavy atom. The molecule has 0 saturated carbocycles. The maximum Gasteiger partial charge on any atom is 0.164 e. The molecule has 0 aliphatic rings. The molecule has 6 nitrogen and oxygen atoms in total. The van der Waals surface area contributed by atoms with E-state index >= 15 is 0 Å². The average molecular weight is 779 g/mol. The Kier molecular flexibility index (Phi) is 9.48. The molecule has 60 heavy (non-hydrogen) atoms. The van der Waals surface area contributed by atoms with Gasteiger partial charge in [-0.05, 0) is 81.6 Å². The van der Waals surface area contributed by atoms with E-state index in [2.05, 4.69) is 60.7 Å². The molecule has 10 aromatic rings. The van der Waals surface area contributed by atoms with Crippen molar-refractivity contribution < 1.29 is 8.78 Å². The van der Waals surface area contributed by atoms with E-state index in [0.29, 0.717) is 46.1 Å². The summed E-state index contributed by atoms with van der Waals surface area (Å²) in [6.45, 7) is 0. The molecule has 0 atom stereocenters. The average Bonchev–Trinajstić information content (AvgIpc) is 3.32. The minimum Gasteiger partial charge on any atom is -0.208 e. The Labute approximate surface area is 344 Å². The maximum absolute atomic E-state index is 13.8. The van der Waals surface area contributed by atoms with Gasteiger partial charge in [-0.3, -0.25) is 0 Å². The van der Waals surface area contributed by atoms with Crippen LogP contribution in [0.25, 0.3) is 101 Å². The van der Waals surface area contributed by atoms with E-state index in [9.17, 15) is 8.78 Å². The lowest BCUT2D eigenvalue weighted by Gasteiger charge is -2.14. The van der Waals surface area contributed by atoms with Gasteiger partial charge >= 0.3 is 0 Å². The van der Waals surface area contributed by atoms with Crippen LogP contribution in [0.15, 0.2) is 194 Å². The first-order valence-corrected chi connectivity index (χ1v) is 19.4. The molecule has 0 radical (unpaired) electrons. The Morgan fingerprint density at radius 2 is 0.500 bits per heavy atom. The smallest absolute Gasteiger partial charge is 0.164 e. The van der Waals surface area contributed by atoms with Crippen molar-refractivity contribution in [2.75, 3.05) is 0 Å². The Morgan fingerprint density at radius 1 is 0.233 bits per heavy atom. The number of benzene rings is 8. The van der Waals surface area contributed by atoms with Crippen molar-refractivity contribution >= 4 is 10.8 Å². The standard InChI is InChI=1S/C52H32F2N6/c53-42-29-25-40(26-30-42)51-57-47(36-9-3-1-4-10-36)55-49(59-51)38-21-17-33(18-22-38)44-15-7-13-35-14-8-16-45(46(35)44)34-19-23-39(24-20-34)50-56-48(37-11-5-2-6-12-37)58-52(60-50)41-27-31-43(54)32-28-41/h1-32H. The van der Waals surface area contributed by atoms with Crippen molar-refractivity contribution in [1.29, 1.82) is 0 Å². The molecular formula is C52H32F2N6. The van der Waals surface area contributed by atoms with Gasteiger partial charge in [0.05, 0.1) is 0 Å². The van der Waals surface area contributed by atoms with E-state index in [1.807, 2.05) is 84.9 Å². The van der Waals surface area contributed by atoms with Crippen LogP contribution in [0.4, 0.5) is 8.78 Å². The second kappa shape index (κ2) is 15.7. The fraction of sp³-hybridized carbons (Fsp3) is 0. The topological polar surface area (TPSA) is 77.3 Å². The third-order valence-corrected chi connectivity index (χ3v) is 10.4. The van der Waals surface area contributed by atoms with Crippen LogP contribution in [-0.4, -0.2) is 29.9 Å². The molecule has 0 bridgehead atoms. The molecule has 0 saturated heterocycles. The molecule has 8 heteroatoms. The quantitative estimate of drug-likeness (QED) is 0.153. The van der Waals surface area contributed by atoms with E-state index in [-0.39, 0.29) is 11.6 Å². The number of hydrogen-bond acceptors (Lipinski definition) is 6. The molecule has 8 aromatic carbocycles. The van der Waals surface area contributed by atoms with Crippen molar-refractivity contribution in [2.24, 2.45) is 0 Å². The summed E-state index contributed by atoms with van der Waals surface area (Å²) in [4.78, 5) is 28.9. The highest BCUT2D eigenvalue weighted by molar-refractivity contribution is 6.06. The molecule has 0 fully saturated rings. The summed E-state index contributed by atoms with van der Waals surface area (Å²) < 4.78 is 27.7. The molecule has 0 amide bonds. The van der Waals surface area contributed by atoms with Gasteiger partial charge in [0.2, 0.25) is 0 Å². The van der Waals surface area contributed by atoms with Crippen LogP contribution in [0.1, 0.15) is 0 Å².